The summed E-state index contributed by atoms with van der Waals surface area (Å²) in [6, 6.07) is 10.4. The van der Waals surface area contributed by atoms with Crippen LogP contribution in [0.5, 0.6) is 0 Å². The van der Waals surface area contributed by atoms with Crippen LogP contribution in [-0.4, -0.2) is 41.9 Å². The standard InChI is InChI=1S/C21H20ClFN4O3S2/c1-13-17(22)8-3-9-18(13)32(29,30)27-10-4-5-14(12-27)20-25-26-21(31-20)19(28)24-16-7-2-6-15(23)11-16/h2-3,6-9,11,14H,4-5,10,12H2,1H3,(H,24,28)/t14-/m0/s1. The van der Waals surface area contributed by atoms with Crippen molar-refractivity contribution in [2.75, 3.05) is 18.4 Å². The van der Waals surface area contributed by atoms with Gasteiger partial charge in [0.15, 0.2) is 0 Å². The largest absolute Gasteiger partial charge is 0.320 e. The van der Waals surface area contributed by atoms with Gasteiger partial charge in [-0.3, -0.25) is 4.79 Å². The Kier molecular flexibility index (Phi) is 6.57. The number of hydrogen-bond acceptors (Lipinski definition) is 6. The van der Waals surface area contributed by atoms with Crippen molar-refractivity contribution >= 4 is 44.6 Å². The van der Waals surface area contributed by atoms with Gasteiger partial charge in [0.2, 0.25) is 15.0 Å². The van der Waals surface area contributed by atoms with E-state index in [1.165, 1.54) is 22.5 Å². The lowest BCUT2D eigenvalue weighted by atomic mass is 10.0. The van der Waals surface area contributed by atoms with Gasteiger partial charge in [0.25, 0.3) is 5.91 Å². The van der Waals surface area contributed by atoms with E-state index >= 15 is 0 Å². The van der Waals surface area contributed by atoms with Crippen LogP contribution in [0.1, 0.15) is 39.1 Å². The Hall–Kier alpha value is -2.40. The van der Waals surface area contributed by atoms with Crippen LogP contribution in [0.15, 0.2) is 47.4 Å². The Labute approximate surface area is 194 Å². The lowest BCUT2D eigenvalue weighted by Crippen LogP contribution is -2.39. The molecule has 1 aromatic heterocycles. The van der Waals surface area contributed by atoms with E-state index < -0.39 is 21.7 Å². The number of sulfonamides is 1. The molecule has 1 atom stereocenters. The van der Waals surface area contributed by atoms with Crippen molar-refractivity contribution in [1.29, 1.82) is 0 Å². The molecule has 4 rings (SSSR count). The molecule has 2 heterocycles. The second-order valence-corrected chi connectivity index (χ2v) is 10.8. The summed E-state index contributed by atoms with van der Waals surface area (Å²) in [5.74, 6) is -1.13. The second-order valence-electron chi connectivity index (χ2n) is 7.48. The van der Waals surface area contributed by atoms with E-state index in [9.17, 15) is 17.6 Å². The van der Waals surface area contributed by atoms with Gasteiger partial charge < -0.3 is 5.32 Å². The predicted molar refractivity (Wildman–Crippen MR) is 121 cm³/mol. The fourth-order valence-corrected chi connectivity index (χ4v) is 6.48. The summed E-state index contributed by atoms with van der Waals surface area (Å²) in [4.78, 5) is 12.6. The van der Waals surface area contributed by atoms with Gasteiger partial charge in [-0.1, -0.05) is 35.1 Å². The van der Waals surface area contributed by atoms with Crippen molar-refractivity contribution in [3.8, 4) is 0 Å². The molecule has 1 N–H and O–H groups in total. The van der Waals surface area contributed by atoms with Crippen LogP contribution in [0.4, 0.5) is 10.1 Å². The van der Waals surface area contributed by atoms with Crippen LogP contribution in [-0.2, 0) is 10.0 Å². The van der Waals surface area contributed by atoms with Gasteiger partial charge in [-0.15, -0.1) is 10.2 Å². The van der Waals surface area contributed by atoms with Crippen molar-refractivity contribution in [3.63, 3.8) is 0 Å². The summed E-state index contributed by atoms with van der Waals surface area (Å²) in [7, 11) is -3.72. The number of benzene rings is 2. The lowest BCUT2D eigenvalue weighted by molar-refractivity contribution is 0.102. The highest BCUT2D eigenvalue weighted by atomic mass is 35.5. The van der Waals surface area contributed by atoms with E-state index in [1.807, 2.05) is 0 Å². The van der Waals surface area contributed by atoms with Crippen LogP contribution >= 0.6 is 22.9 Å². The third-order valence-electron chi connectivity index (χ3n) is 5.29. The first-order chi connectivity index (χ1) is 15.3. The molecule has 0 bridgehead atoms. The molecule has 1 aliphatic heterocycles. The quantitative estimate of drug-likeness (QED) is 0.565. The lowest BCUT2D eigenvalue weighted by Gasteiger charge is -2.31. The zero-order chi connectivity index (χ0) is 22.9. The Morgan fingerprint density at radius 2 is 2.03 bits per heavy atom. The SMILES string of the molecule is Cc1c(Cl)cccc1S(=O)(=O)N1CCC[C@H](c2nnc(C(=O)Nc3cccc(F)c3)s2)C1. The second kappa shape index (κ2) is 9.22. The molecular weight excluding hydrogens is 475 g/mol. The maximum Gasteiger partial charge on any atom is 0.286 e. The zero-order valence-corrected chi connectivity index (χ0v) is 19.5. The first-order valence-electron chi connectivity index (χ1n) is 9.91. The Morgan fingerprint density at radius 3 is 2.81 bits per heavy atom. The molecule has 3 aromatic rings. The number of nitrogens with zero attached hydrogens (tertiary/aromatic N) is 3. The van der Waals surface area contributed by atoms with Crippen molar-refractivity contribution in [1.82, 2.24) is 14.5 Å². The Morgan fingerprint density at radius 1 is 1.25 bits per heavy atom. The van der Waals surface area contributed by atoms with E-state index in [4.69, 9.17) is 11.6 Å². The van der Waals surface area contributed by atoms with Gasteiger partial charge in [0.1, 0.15) is 10.8 Å². The molecule has 0 unspecified atom stereocenters. The molecule has 32 heavy (non-hydrogen) atoms. The highest BCUT2D eigenvalue weighted by Gasteiger charge is 2.33. The molecule has 168 valence electrons. The fourth-order valence-electron chi connectivity index (χ4n) is 3.61. The normalized spacial score (nSPS) is 17.3. The monoisotopic (exact) mass is 494 g/mol. The van der Waals surface area contributed by atoms with E-state index in [1.54, 1.807) is 31.2 Å². The number of amides is 1. The van der Waals surface area contributed by atoms with Crippen LogP contribution in [0.25, 0.3) is 0 Å². The minimum Gasteiger partial charge on any atom is -0.320 e. The first-order valence-corrected chi connectivity index (χ1v) is 12.5. The number of anilines is 1. The third kappa shape index (κ3) is 4.68. The molecule has 1 aliphatic rings. The molecule has 11 heteroatoms. The van der Waals surface area contributed by atoms with Crippen molar-refractivity contribution in [3.05, 3.63) is 68.9 Å². The van der Waals surface area contributed by atoms with Crippen LogP contribution in [0.2, 0.25) is 5.02 Å². The number of aromatic nitrogens is 2. The number of halogens is 2. The minimum absolute atomic E-state index is 0.134. The van der Waals surface area contributed by atoms with E-state index in [0.717, 1.165) is 17.8 Å². The average Bonchev–Trinajstić information content (AvgIpc) is 3.26. The van der Waals surface area contributed by atoms with Gasteiger partial charge in [-0.25, -0.2) is 12.8 Å². The van der Waals surface area contributed by atoms with Crippen molar-refractivity contribution in [2.45, 2.75) is 30.6 Å². The molecular formula is C21H20ClFN4O3S2. The van der Waals surface area contributed by atoms with E-state index in [2.05, 4.69) is 15.5 Å². The Balaban J connectivity index is 1.50. The van der Waals surface area contributed by atoms with Crippen LogP contribution in [0, 0.1) is 12.7 Å². The van der Waals surface area contributed by atoms with Crippen molar-refractivity contribution in [2.24, 2.45) is 0 Å². The van der Waals surface area contributed by atoms with Gasteiger partial charge >= 0.3 is 0 Å². The van der Waals surface area contributed by atoms with Gasteiger partial charge in [-0.2, -0.15) is 4.31 Å². The summed E-state index contributed by atoms with van der Waals surface area (Å²) < 4.78 is 41.2. The maximum absolute atomic E-state index is 13.3. The highest BCUT2D eigenvalue weighted by molar-refractivity contribution is 7.89. The number of carbonyl (C=O) groups is 1. The molecule has 2 aromatic carbocycles. The molecule has 1 amide bonds. The van der Waals surface area contributed by atoms with Gasteiger partial charge in [0, 0.05) is 29.7 Å². The number of piperidine rings is 1. The number of nitrogens with one attached hydrogen (secondary N) is 1. The van der Waals surface area contributed by atoms with Crippen LogP contribution < -0.4 is 5.32 Å². The topological polar surface area (TPSA) is 92.3 Å². The molecule has 1 saturated heterocycles. The Bertz CT molecular complexity index is 1270. The number of rotatable bonds is 5. The molecule has 1 fully saturated rings. The highest BCUT2D eigenvalue weighted by Crippen LogP contribution is 2.33. The maximum atomic E-state index is 13.3. The molecule has 0 aliphatic carbocycles. The summed E-state index contributed by atoms with van der Waals surface area (Å²) in [6.45, 7) is 2.33. The third-order valence-corrected chi connectivity index (χ3v) is 8.79. The smallest absolute Gasteiger partial charge is 0.286 e. The molecule has 0 radical (unpaired) electrons. The first kappa shape index (κ1) is 22.8. The summed E-state index contributed by atoms with van der Waals surface area (Å²) in [5, 5.41) is 11.8. The van der Waals surface area contributed by atoms with Crippen LogP contribution in [0.3, 0.4) is 0 Å². The molecule has 0 spiro atoms. The predicted octanol–water partition coefficient (Wildman–Crippen LogP) is 4.46. The summed E-state index contributed by atoms with van der Waals surface area (Å²) in [5.41, 5.74) is 0.835. The van der Waals surface area contributed by atoms with Crippen molar-refractivity contribution < 1.29 is 17.6 Å². The van der Waals surface area contributed by atoms with E-state index in [0.29, 0.717) is 34.2 Å². The van der Waals surface area contributed by atoms with Gasteiger partial charge in [-0.05, 0) is 55.7 Å². The average molecular weight is 495 g/mol. The fraction of sp³-hybridized carbons (Fsp3) is 0.286. The number of hydrogen-bond donors (Lipinski definition) is 1. The van der Waals surface area contributed by atoms with E-state index in [-0.39, 0.29) is 22.4 Å². The number of carbonyl (C=O) groups excluding carboxylic acids is 1. The minimum atomic E-state index is -3.72. The molecule has 0 saturated carbocycles. The molecule has 7 nitrogen and oxygen atoms in total. The summed E-state index contributed by atoms with van der Waals surface area (Å²) >= 11 is 7.24. The van der Waals surface area contributed by atoms with Gasteiger partial charge in [0.05, 0.1) is 4.90 Å². The zero-order valence-electron chi connectivity index (χ0n) is 17.1. The summed E-state index contributed by atoms with van der Waals surface area (Å²) in [6.07, 6.45) is 1.40.